The molecule has 0 aliphatic heterocycles. The van der Waals surface area contributed by atoms with Crippen molar-refractivity contribution in [3.05, 3.63) is 24.3 Å². The third kappa shape index (κ3) is 3.69. The molecular formula is C10H12F3NO. The second-order valence-corrected chi connectivity index (χ2v) is 3.06. The molecule has 0 fully saturated rings. The maximum absolute atomic E-state index is 11.9. The van der Waals surface area contributed by atoms with Crippen LogP contribution in [-0.4, -0.2) is 20.0 Å². The quantitative estimate of drug-likeness (QED) is 0.774. The maximum Gasteiger partial charge on any atom is 0.573 e. The molecule has 0 radical (unpaired) electrons. The van der Waals surface area contributed by atoms with Gasteiger partial charge in [-0.1, -0.05) is 6.07 Å². The van der Waals surface area contributed by atoms with Crippen LogP contribution in [0, 0.1) is 0 Å². The molecule has 0 bridgehead atoms. The van der Waals surface area contributed by atoms with E-state index in [1.807, 2.05) is 11.8 Å². The van der Waals surface area contributed by atoms with Crippen LogP contribution in [0.3, 0.4) is 0 Å². The Labute approximate surface area is 86.3 Å². The topological polar surface area (TPSA) is 12.5 Å². The number of rotatable bonds is 3. The van der Waals surface area contributed by atoms with Crippen molar-refractivity contribution in [1.82, 2.24) is 0 Å². The highest BCUT2D eigenvalue weighted by atomic mass is 19.4. The third-order valence-electron chi connectivity index (χ3n) is 1.97. The van der Waals surface area contributed by atoms with E-state index in [0.717, 1.165) is 6.54 Å². The molecule has 1 aromatic rings. The number of ether oxygens (including phenoxy) is 1. The Balaban J connectivity index is 2.83. The summed E-state index contributed by atoms with van der Waals surface area (Å²) in [7, 11) is 1.80. The van der Waals surface area contributed by atoms with Gasteiger partial charge in [-0.25, -0.2) is 0 Å². The molecule has 0 atom stereocenters. The lowest BCUT2D eigenvalue weighted by Gasteiger charge is -2.17. The lowest BCUT2D eigenvalue weighted by molar-refractivity contribution is -0.274. The van der Waals surface area contributed by atoms with Crippen molar-refractivity contribution in [2.75, 3.05) is 18.5 Å². The summed E-state index contributed by atoms with van der Waals surface area (Å²) >= 11 is 0. The monoisotopic (exact) mass is 219 g/mol. The zero-order valence-corrected chi connectivity index (χ0v) is 8.51. The Kier molecular flexibility index (Phi) is 3.44. The summed E-state index contributed by atoms with van der Waals surface area (Å²) in [4.78, 5) is 1.82. The normalized spacial score (nSPS) is 11.3. The molecule has 0 aromatic heterocycles. The summed E-state index contributed by atoms with van der Waals surface area (Å²) in [5.74, 6) is -0.194. The summed E-state index contributed by atoms with van der Waals surface area (Å²) in [5, 5.41) is 0. The standard InChI is InChI=1S/C10H12F3NO/c1-3-14(2)8-5-4-6-9(7-8)15-10(11,12)13/h4-7H,3H2,1-2H3. The van der Waals surface area contributed by atoms with Gasteiger partial charge in [-0.3, -0.25) is 0 Å². The zero-order chi connectivity index (χ0) is 11.5. The smallest absolute Gasteiger partial charge is 0.406 e. The van der Waals surface area contributed by atoms with Gasteiger partial charge >= 0.3 is 6.36 Å². The van der Waals surface area contributed by atoms with Crippen LogP contribution >= 0.6 is 0 Å². The van der Waals surface area contributed by atoms with Crippen molar-refractivity contribution >= 4 is 5.69 Å². The minimum absolute atomic E-state index is 0.194. The van der Waals surface area contributed by atoms with Crippen molar-refractivity contribution in [2.24, 2.45) is 0 Å². The molecule has 1 rings (SSSR count). The predicted molar refractivity (Wildman–Crippen MR) is 52.1 cm³/mol. The van der Waals surface area contributed by atoms with E-state index < -0.39 is 6.36 Å². The van der Waals surface area contributed by atoms with E-state index >= 15 is 0 Å². The van der Waals surface area contributed by atoms with Crippen molar-refractivity contribution in [3.63, 3.8) is 0 Å². The van der Waals surface area contributed by atoms with Crippen LogP contribution in [-0.2, 0) is 0 Å². The van der Waals surface area contributed by atoms with E-state index in [2.05, 4.69) is 4.74 Å². The van der Waals surface area contributed by atoms with Crippen LogP contribution in [0.25, 0.3) is 0 Å². The Hall–Kier alpha value is -1.39. The SMILES string of the molecule is CCN(C)c1cccc(OC(F)(F)F)c1. The van der Waals surface area contributed by atoms with E-state index in [1.54, 1.807) is 13.1 Å². The van der Waals surface area contributed by atoms with E-state index in [1.165, 1.54) is 18.2 Å². The van der Waals surface area contributed by atoms with Crippen LogP contribution in [0.2, 0.25) is 0 Å². The molecule has 0 saturated heterocycles. The Morgan fingerprint density at radius 1 is 1.33 bits per heavy atom. The second kappa shape index (κ2) is 4.42. The van der Waals surface area contributed by atoms with Gasteiger partial charge in [-0.05, 0) is 19.1 Å². The number of benzene rings is 1. The number of hydrogen-bond acceptors (Lipinski definition) is 2. The molecule has 0 spiro atoms. The third-order valence-corrected chi connectivity index (χ3v) is 1.97. The molecule has 0 N–H and O–H groups in total. The number of halogens is 3. The van der Waals surface area contributed by atoms with Gasteiger partial charge < -0.3 is 9.64 Å². The fourth-order valence-corrected chi connectivity index (χ4v) is 1.10. The van der Waals surface area contributed by atoms with Crippen LogP contribution in [0.5, 0.6) is 5.75 Å². The van der Waals surface area contributed by atoms with Crippen molar-refractivity contribution < 1.29 is 17.9 Å². The molecule has 2 nitrogen and oxygen atoms in total. The summed E-state index contributed by atoms with van der Waals surface area (Å²) in [6.45, 7) is 2.63. The van der Waals surface area contributed by atoms with Gasteiger partial charge in [0.15, 0.2) is 0 Å². The number of alkyl halides is 3. The van der Waals surface area contributed by atoms with Gasteiger partial charge in [0.2, 0.25) is 0 Å². The Morgan fingerprint density at radius 3 is 2.53 bits per heavy atom. The summed E-state index contributed by atoms with van der Waals surface area (Å²) in [5.41, 5.74) is 0.694. The first-order valence-corrected chi connectivity index (χ1v) is 4.49. The minimum atomic E-state index is -4.64. The fourth-order valence-electron chi connectivity index (χ4n) is 1.10. The molecule has 0 aliphatic rings. The van der Waals surface area contributed by atoms with E-state index in [9.17, 15) is 13.2 Å². The molecule has 0 unspecified atom stereocenters. The Morgan fingerprint density at radius 2 is 2.00 bits per heavy atom. The first kappa shape index (κ1) is 11.7. The molecule has 1 aromatic carbocycles. The second-order valence-electron chi connectivity index (χ2n) is 3.06. The average molecular weight is 219 g/mol. The molecular weight excluding hydrogens is 207 g/mol. The van der Waals surface area contributed by atoms with E-state index in [4.69, 9.17) is 0 Å². The van der Waals surface area contributed by atoms with Crippen LogP contribution in [0.15, 0.2) is 24.3 Å². The lowest BCUT2D eigenvalue weighted by Crippen LogP contribution is -2.18. The molecule has 84 valence electrons. The van der Waals surface area contributed by atoms with Crippen LogP contribution in [0.1, 0.15) is 6.92 Å². The molecule has 0 saturated carbocycles. The zero-order valence-electron chi connectivity index (χ0n) is 8.51. The number of nitrogens with zero attached hydrogens (tertiary/aromatic N) is 1. The van der Waals surface area contributed by atoms with Gasteiger partial charge in [-0.2, -0.15) is 0 Å². The van der Waals surface area contributed by atoms with Crippen molar-refractivity contribution in [3.8, 4) is 5.75 Å². The van der Waals surface area contributed by atoms with E-state index in [0.29, 0.717) is 5.69 Å². The number of hydrogen-bond donors (Lipinski definition) is 0. The van der Waals surface area contributed by atoms with Crippen LogP contribution in [0.4, 0.5) is 18.9 Å². The maximum atomic E-state index is 11.9. The highest BCUT2D eigenvalue weighted by molar-refractivity contribution is 5.49. The molecule has 0 aliphatic carbocycles. The Bertz CT molecular complexity index is 325. The van der Waals surface area contributed by atoms with E-state index in [-0.39, 0.29) is 5.75 Å². The van der Waals surface area contributed by atoms with Gasteiger partial charge in [0.05, 0.1) is 0 Å². The average Bonchev–Trinajstić information content (AvgIpc) is 2.14. The molecule has 0 amide bonds. The van der Waals surface area contributed by atoms with Gasteiger partial charge in [0.25, 0.3) is 0 Å². The molecule has 0 heterocycles. The largest absolute Gasteiger partial charge is 0.573 e. The van der Waals surface area contributed by atoms with Gasteiger partial charge in [0.1, 0.15) is 5.75 Å². The van der Waals surface area contributed by atoms with Crippen molar-refractivity contribution in [1.29, 1.82) is 0 Å². The first-order valence-electron chi connectivity index (χ1n) is 4.49. The highest BCUT2D eigenvalue weighted by Gasteiger charge is 2.31. The minimum Gasteiger partial charge on any atom is -0.406 e. The predicted octanol–water partition coefficient (Wildman–Crippen LogP) is 3.04. The van der Waals surface area contributed by atoms with Crippen molar-refractivity contribution in [2.45, 2.75) is 13.3 Å². The fraction of sp³-hybridized carbons (Fsp3) is 0.400. The first-order chi connectivity index (χ1) is 6.92. The van der Waals surface area contributed by atoms with Crippen LogP contribution < -0.4 is 9.64 Å². The van der Waals surface area contributed by atoms with Gasteiger partial charge in [0, 0.05) is 25.3 Å². The molecule has 15 heavy (non-hydrogen) atoms. The molecule has 5 heteroatoms. The summed E-state index contributed by atoms with van der Waals surface area (Å²) in [6.07, 6.45) is -4.64. The number of anilines is 1. The lowest BCUT2D eigenvalue weighted by atomic mass is 10.3. The summed E-state index contributed by atoms with van der Waals surface area (Å²) in [6, 6.07) is 5.90. The summed E-state index contributed by atoms with van der Waals surface area (Å²) < 4.78 is 39.6. The van der Waals surface area contributed by atoms with Gasteiger partial charge in [-0.15, -0.1) is 13.2 Å². The highest BCUT2D eigenvalue weighted by Crippen LogP contribution is 2.26.